The number of amides is 1. The molecule has 3 aromatic rings. The predicted molar refractivity (Wildman–Crippen MR) is 108 cm³/mol. The van der Waals surface area contributed by atoms with Crippen LogP contribution in [0.2, 0.25) is 5.02 Å². The van der Waals surface area contributed by atoms with Gasteiger partial charge in [0, 0.05) is 29.9 Å². The average Bonchev–Trinajstić information content (AvgIpc) is 3.51. The molecular weight excluding hydrogens is 392 g/mol. The maximum atomic E-state index is 12.6. The molecule has 2 fully saturated rings. The lowest BCUT2D eigenvalue weighted by Crippen LogP contribution is -2.40. The molecule has 8 nitrogen and oxygen atoms in total. The van der Waals surface area contributed by atoms with Gasteiger partial charge in [0.05, 0.1) is 6.54 Å². The molecule has 1 atom stereocenters. The van der Waals surface area contributed by atoms with Crippen LogP contribution in [0.5, 0.6) is 0 Å². The molecule has 1 aliphatic heterocycles. The van der Waals surface area contributed by atoms with E-state index in [1.807, 2.05) is 29.2 Å². The number of aromatic nitrogens is 5. The number of carbonyl (C=O) groups is 1. The molecule has 29 heavy (non-hydrogen) atoms. The minimum atomic E-state index is -0.305. The SMILES string of the molecule is O=C(C1CC1)N1CCCC(c2nc3c(nnn3Cc3ccccc3Cl)c(=O)[nH]2)C1. The van der Waals surface area contributed by atoms with Crippen molar-refractivity contribution in [3.05, 3.63) is 51.0 Å². The van der Waals surface area contributed by atoms with E-state index in [1.54, 1.807) is 4.68 Å². The molecular formula is C20H21ClN6O2. The number of halogens is 1. The zero-order chi connectivity index (χ0) is 20.0. The van der Waals surface area contributed by atoms with Gasteiger partial charge in [0.15, 0.2) is 11.2 Å². The van der Waals surface area contributed by atoms with Gasteiger partial charge in [0.25, 0.3) is 5.56 Å². The van der Waals surface area contributed by atoms with Gasteiger partial charge < -0.3 is 9.88 Å². The van der Waals surface area contributed by atoms with Gasteiger partial charge in [-0.05, 0) is 37.3 Å². The number of rotatable bonds is 4. The van der Waals surface area contributed by atoms with Crippen molar-refractivity contribution in [3.63, 3.8) is 0 Å². The maximum Gasteiger partial charge on any atom is 0.281 e. The van der Waals surface area contributed by atoms with Crippen molar-refractivity contribution >= 4 is 28.7 Å². The Kier molecular flexibility index (Phi) is 4.58. The van der Waals surface area contributed by atoms with Gasteiger partial charge in [0.2, 0.25) is 5.91 Å². The van der Waals surface area contributed by atoms with Crippen molar-refractivity contribution in [3.8, 4) is 0 Å². The smallest absolute Gasteiger partial charge is 0.281 e. The average molecular weight is 413 g/mol. The second-order valence-electron chi connectivity index (χ2n) is 7.86. The second-order valence-corrected chi connectivity index (χ2v) is 8.27. The molecule has 0 bridgehead atoms. The summed E-state index contributed by atoms with van der Waals surface area (Å²) in [5.74, 6) is 1.04. The van der Waals surface area contributed by atoms with E-state index in [0.29, 0.717) is 29.6 Å². The molecule has 0 spiro atoms. The van der Waals surface area contributed by atoms with Crippen LogP contribution in [0.4, 0.5) is 0 Å². The first-order chi connectivity index (χ1) is 14.1. The molecule has 1 aliphatic carbocycles. The Labute approximate surface area is 171 Å². The standard InChI is InChI=1S/C20H21ClN6O2/c21-15-6-2-1-4-13(15)11-27-18-16(24-25-27)19(28)23-17(22-18)14-5-3-9-26(10-14)20(29)12-7-8-12/h1-2,4,6,12,14H,3,5,7-11H2,(H,22,23,28). The fourth-order valence-electron chi connectivity index (χ4n) is 3.96. The topological polar surface area (TPSA) is 96.8 Å². The lowest BCUT2D eigenvalue weighted by molar-refractivity contribution is -0.133. The zero-order valence-electron chi connectivity index (χ0n) is 15.8. The Balaban J connectivity index is 1.46. The van der Waals surface area contributed by atoms with Gasteiger partial charge >= 0.3 is 0 Å². The number of benzene rings is 1. The van der Waals surface area contributed by atoms with Crippen molar-refractivity contribution in [2.45, 2.75) is 38.1 Å². The van der Waals surface area contributed by atoms with Crippen LogP contribution < -0.4 is 5.56 Å². The lowest BCUT2D eigenvalue weighted by Gasteiger charge is -2.32. The maximum absolute atomic E-state index is 12.6. The molecule has 9 heteroatoms. The molecule has 1 aromatic carbocycles. The number of nitrogens with one attached hydrogen (secondary N) is 1. The first-order valence-electron chi connectivity index (χ1n) is 9.96. The van der Waals surface area contributed by atoms with Gasteiger partial charge in [-0.3, -0.25) is 9.59 Å². The van der Waals surface area contributed by atoms with E-state index in [2.05, 4.69) is 15.3 Å². The summed E-state index contributed by atoms with van der Waals surface area (Å²) < 4.78 is 1.60. The first kappa shape index (κ1) is 18.3. The Morgan fingerprint density at radius 2 is 2.07 bits per heavy atom. The highest BCUT2D eigenvalue weighted by Crippen LogP contribution is 2.33. The van der Waals surface area contributed by atoms with Crippen molar-refractivity contribution in [2.75, 3.05) is 13.1 Å². The highest BCUT2D eigenvalue weighted by atomic mass is 35.5. The molecule has 1 unspecified atom stereocenters. The molecule has 150 valence electrons. The summed E-state index contributed by atoms with van der Waals surface area (Å²) in [5, 5.41) is 8.75. The number of H-pyrrole nitrogens is 1. The van der Waals surface area contributed by atoms with Crippen molar-refractivity contribution in [1.82, 2.24) is 29.9 Å². The molecule has 1 N–H and O–H groups in total. The molecule has 2 aromatic heterocycles. The minimum absolute atomic E-state index is 0.00668. The summed E-state index contributed by atoms with van der Waals surface area (Å²) >= 11 is 6.27. The van der Waals surface area contributed by atoms with Crippen LogP contribution in [0.15, 0.2) is 29.1 Å². The quantitative estimate of drug-likeness (QED) is 0.709. The number of carbonyl (C=O) groups excluding carboxylic acids is 1. The summed E-state index contributed by atoms with van der Waals surface area (Å²) in [6.07, 6.45) is 3.78. The molecule has 2 aliphatic rings. The van der Waals surface area contributed by atoms with Crippen LogP contribution in [0.25, 0.3) is 11.2 Å². The normalized spacial score (nSPS) is 19.6. The summed E-state index contributed by atoms with van der Waals surface area (Å²) in [5.41, 5.74) is 1.22. The van der Waals surface area contributed by atoms with Crippen molar-refractivity contribution < 1.29 is 4.79 Å². The monoisotopic (exact) mass is 412 g/mol. The lowest BCUT2D eigenvalue weighted by atomic mass is 9.96. The molecule has 1 saturated carbocycles. The first-order valence-corrected chi connectivity index (χ1v) is 10.3. The number of piperidine rings is 1. The van der Waals surface area contributed by atoms with E-state index < -0.39 is 0 Å². The number of nitrogens with zero attached hydrogens (tertiary/aromatic N) is 5. The van der Waals surface area contributed by atoms with E-state index in [4.69, 9.17) is 16.6 Å². The van der Waals surface area contributed by atoms with Crippen LogP contribution in [0.3, 0.4) is 0 Å². The van der Waals surface area contributed by atoms with Gasteiger partial charge in [-0.25, -0.2) is 9.67 Å². The Morgan fingerprint density at radius 3 is 2.86 bits per heavy atom. The number of aromatic amines is 1. The number of likely N-dealkylation sites (tertiary alicyclic amines) is 1. The highest BCUT2D eigenvalue weighted by molar-refractivity contribution is 6.31. The summed E-state index contributed by atoms with van der Waals surface area (Å²) in [6, 6.07) is 7.49. The zero-order valence-corrected chi connectivity index (χ0v) is 16.6. The second kappa shape index (κ2) is 7.26. The fourth-order valence-corrected chi connectivity index (χ4v) is 4.16. The third-order valence-electron chi connectivity index (χ3n) is 5.72. The van der Waals surface area contributed by atoms with Gasteiger partial charge in [-0.15, -0.1) is 5.10 Å². The molecule has 1 saturated heterocycles. The number of hydrogen-bond donors (Lipinski definition) is 1. The predicted octanol–water partition coefficient (Wildman–Crippen LogP) is 2.33. The van der Waals surface area contributed by atoms with Crippen LogP contribution >= 0.6 is 11.6 Å². The third-order valence-corrected chi connectivity index (χ3v) is 6.09. The minimum Gasteiger partial charge on any atom is -0.342 e. The Morgan fingerprint density at radius 1 is 1.24 bits per heavy atom. The number of fused-ring (bicyclic) bond motifs is 1. The summed E-state index contributed by atoms with van der Waals surface area (Å²) in [4.78, 5) is 34.5. The number of hydrogen-bond acceptors (Lipinski definition) is 5. The molecule has 1 amide bonds. The highest BCUT2D eigenvalue weighted by Gasteiger charge is 2.36. The van der Waals surface area contributed by atoms with Gasteiger partial charge in [0.1, 0.15) is 5.82 Å². The van der Waals surface area contributed by atoms with Crippen molar-refractivity contribution in [1.29, 1.82) is 0 Å². The van der Waals surface area contributed by atoms with Gasteiger partial charge in [-0.2, -0.15) is 0 Å². The van der Waals surface area contributed by atoms with Crippen LogP contribution in [-0.2, 0) is 11.3 Å². The van der Waals surface area contributed by atoms with Gasteiger partial charge in [-0.1, -0.05) is 35.0 Å². The molecule has 3 heterocycles. The van der Waals surface area contributed by atoms with Crippen LogP contribution in [0.1, 0.15) is 43.0 Å². The fraction of sp³-hybridized carbons (Fsp3) is 0.450. The van der Waals surface area contributed by atoms with Crippen molar-refractivity contribution in [2.24, 2.45) is 5.92 Å². The summed E-state index contributed by atoms with van der Waals surface area (Å²) in [6.45, 7) is 1.75. The molecule has 0 radical (unpaired) electrons. The summed E-state index contributed by atoms with van der Waals surface area (Å²) in [7, 11) is 0. The van der Waals surface area contributed by atoms with E-state index in [0.717, 1.165) is 37.8 Å². The Hall–Kier alpha value is -2.74. The molecule has 5 rings (SSSR count). The van der Waals surface area contributed by atoms with E-state index in [1.165, 1.54) is 0 Å². The Bertz CT molecular complexity index is 1140. The largest absolute Gasteiger partial charge is 0.342 e. The van der Waals surface area contributed by atoms with E-state index in [-0.39, 0.29) is 28.8 Å². The third kappa shape index (κ3) is 3.53. The van der Waals surface area contributed by atoms with E-state index in [9.17, 15) is 9.59 Å². The van der Waals surface area contributed by atoms with Crippen LogP contribution in [0, 0.1) is 5.92 Å². The van der Waals surface area contributed by atoms with Crippen LogP contribution in [-0.4, -0.2) is 48.9 Å². The van der Waals surface area contributed by atoms with E-state index >= 15 is 0 Å².